The van der Waals surface area contributed by atoms with Gasteiger partial charge in [0.25, 0.3) is 0 Å². The van der Waals surface area contributed by atoms with Gasteiger partial charge in [0.15, 0.2) is 17.5 Å². The van der Waals surface area contributed by atoms with E-state index < -0.39 is 0 Å². The molecule has 120 valence electrons. The van der Waals surface area contributed by atoms with Gasteiger partial charge in [0.05, 0.1) is 20.8 Å². The van der Waals surface area contributed by atoms with Crippen molar-refractivity contribution in [2.45, 2.75) is 26.8 Å². The molecule has 0 saturated carbocycles. The van der Waals surface area contributed by atoms with Crippen molar-refractivity contribution in [1.82, 2.24) is 10.6 Å². The van der Waals surface area contributed by atoms with Crippen molar-refractivity contribution in [1.29, 1.82) is 0 Å². The molecule has 1 aromatic rings. The third kappa shape index (κ3) is 6.41. The Balaban J connectivity index is 0.00000400. The van der Waals surface area contributed by atoms with Crippen molar-refractivity contribution in [3.63, 3.8) is 0 Å². The molecule has 0 radical (unpaired) electrons. The molecule has 0 spiro atoms. The number of nitrogens with zero attached hydrogens (tertiary/aromatic N) is 1. The summed E-state index contributed by atoms with van der Waals surface area (Å²) < 4.78 is 10.7. The predicted octanol–water partition coefficient (Wildman–Crippen LogP) is 2.79. The van der Waals surface area contributed by atoms with Gasteiger partial charge in [-0.2, -0.15) is 0 Å². The van der Waals surface area contributed by atoms with Gasteiger partial charge < -0.3 is 20.1 Å². The van der Waals surface area contributed by atoms with Crippen molar-refractivity contribution >= 4 is 29.9 Å². The maximum Gasteiger partial charge on any atom is 0.191 e. The van der Waals surface area contributed by atoms with Crippen LogP contribution in [-0.2, 0) is 6.54 Å². The number of halogens is 1. The number of hydrogen-bond donors (Lipinski definition) is 2. The van der Waals surface area contributed by atoms with Crippen molar-refractivity contribution in [2.75, 3.05) is 27.3 Å². The Morgan fingerprint density at radius 3 is 2.48 bits per heavy atom. The Morgan fingerprint density at radius 2 is 1.90 bits per heavy atom. The smallest absolute Gasteiger partial charge is 0.191 e. The molecule has 5 nitrogen and oxygen atoms in total. The van der Waals surface area contributed by atoms with E-state index in [0.717, 1.165) is 42.5 Å². The molecule has 0 aliphatic heterocycles. The largest absolute Gasteiger partial charge is 0.493 e. The summed E-state index contributed by atoms with van der Waals surface area (Å²) >= 11 is 0. The van der Waals surface area contributed by atoms with Crippen LogP contribution in [0, 0.1) is 0 Å². The van der Waals surface area contributed by atoms with Crippen LogP contribution in [0.15, 0.2) is 23.2 Å². The van der Waals surface area contributed by atoms with Gasteiger partial charge in [-0.1, -0.05) is 19.1 Å². The highest BCUT2D eigenvalue weighted by molar-refractivity contribution is 14.0. The molecule has 0 unspecified atom stereocenters. The zero-order chi connectivity index (χ0) is 14.8. The minimum Gasteiger partial charge on any atom is -0.493 e. The summed E-state index contributed by atoms with van der Waals surface area (Å²) in [7, 11) is 3.28. The Hall–Kier alpha value is -1.18. The van der Waals surface area contributed by atoms with Crippen LogP contribution in [0.1, 0.15) is 25.8 Å². The molecule has 0 atom stereocenters. The van der Waals surface area contributed by atoms with Crippen molar-refractivity contribution in [3.05, 3.63) is 23.8 Å². The highest BCUT2D eigenvalue weighted by atomic mass is 127. The van der Waals surface area contributed by atoms with E-state index in [1.54, 1.807) is 14.2 Å². The normalized spacial score (nSPS) is 10.6. The van der Waals surface area contributed by atoms with E-state index in [1.165, 1.54) is 0 Å². The average molecular weight is 407 g/mol. The molecule has 0 heterocycles. The third-order valence-corrected chi connectivity index (χ3v) is 2.78. The zero-order valence-corrected chi connectivity index (χ0v) is 15.6. The number of aliphatic imine (C=N–C) groups is 1. The molecule has 0 bridgehead atoms. The van der Waals surface area contributed by atoms with Crippen LogP contribution in [0.5, 0.6) is 11.5 Å². The number of ether oxygens (including phenoxy) is 2. The number of nitrogens with one attached hydrogen (secondary N) is 2. The van der Waals surface area contributed by atoms with Crippen LogP contribution >= 0.6 is 24.0 Å². The van der Waals surface area contributed by atoms with Gasteiger partial charge in [-0.25, -0.2) is 4.99 Å². The molecule has 0 aromatic heterocycles. The second-order valence-electron chi connectivity index (χ2n) is 4.27. The molecule has 0 fully saturated rings. The van der Waals surface area contributed by atoms with Crippen LogP contribution in [0.2, 0.25) is 0 Å². The van der Waals surface area contributed by atoms with E-state index in [1.807, 2.05) is 18.2 Å². The molecule has 21 heavy (non-hydrogen) atoms. The van der Waals surface area contributed by atoms with Gasteiger partial charge >= 0.3 is 0 Å². The number of para-hydroxylation sites is 1. The van der Waals surface area contributed by atoms with Crippen molar-refractivity contribution in [2.24, 2.45) is 4.99 Å². The summed E-state index contributed by atoms with van der Waals surface area (Å²) in [6, 6.07) is 5.82. The fraction of sp³-hybridized carbons (Fsp3) is 0.533. The summed E-state index contributed by atoms with van der Waals surface area (Å²) in [5.41, 5.74) is 1.00. The van der Waals surface area contributed by atoms with E-state index in [0.29, 0.717) is 6.54 Å². The maximum absolute atomic E-state index is 5.41. The van der Waals surface area contributed by atoms with Crippen LogP contribution in [0.25, 0.3) is 0 Å². The number of benzene rings is 1. The number of rotatable bonds is 7. The molecule has 0 aliphatic rings. The number of hydrogen-bond acceptors (Lipinski definition) is 3. The van der Waals surface area contributed by atoms with E-state index in [4.69, 9.17) is 9.47 Å². The van der Waals surface area contributed by atoms with Gasteiger partial charge in [-0.05, 0) is 19.4 Å². The van der Waals surface area contributed by atoms with E-state index in [-0.39, 0.29) is 24.0 Å². The van der Waals surface area contributed by atoms with Crippen LogP contribution < -0.4 is 20.1 Å². The quantitative estimate of drug-likeness (QED) is 0.415. The standard InChI is InChI=1S/C15H25N3O2.HI/c1-5-10-17-15(16-6-2)18-11-12-8-7-9-13(19-3)14(12)20-4;/h7-9H,5-6,10-11H2,1-4H3,(H2,16,17,18);1H. The topological polar surface area (TPSA) is 54.9 Å². The second kappa shape index (κ2) is 11.5. The van der Waals surface area contributed by atoms with Crippen molar-refractivity contribution in [3.8, 4) is 11.5 Å². The SMILES string of the molecule is CCCNC(=NCc1cccc(OC)c1OC)NCC.I. The fourth-order valence-corrected chi connectivity index (χ4v) is 1.83. The molecule has 0 amide bonds. The van der Waals surface area contributed by atoms with Crippen LogP contribution in [-0.4, -0.2) is 33.3 Å². The van der Waals surface area contributed by atoms with E-state index >= 15 is 0 Å². The van der Waals surface area contributed by atoms with E-state index in [9.17, 15) is 0 Å². The Kier molecular flexibility index (Phi) is 10.8. The molecular weight excluding hydrogens is 381 g/mol. The summed E-state index contributed by atoms with van der Waals surface area (Å²) in [4.78, 5) is 4.56. The van der Waals surface area contributed by atoms with Crippen LogP contribution in [0.4, 0.5) is 0 Å². The Bertz CT molecular complexity index is 439. The molecular formula is C15H26IN3O2. The first-order valence-corrected chi connectivity index (χ1v) is 6.98. The number of methoxy groups -OCH3 is 2. The molecule has 1 rings (SSSR count). The third-order valence-electron chi connectivity index (χ3n) is 2.78. The van der Waals surface area contributed by atoms with Gasteiger partial charge in [-0.3, -0.25) is 0 Å². The van der Waals surface area contributed by atoms with E-state index in [2.05, 4.69) is 29.5 Å². The lowest BCUT2D eigenvalue weighted by Gasteiger charge is -2.13. The van der Waals surface area contributed by atoms with Crippen molar-refractivity contribution < 1.29 is 9.47 Å². The van der Waals surface area contributed by atoms with Gasteiger partial charge in [-0.15, -0.1) is 24.0 Å². The molecule has 2 N–H and O–H groups in total. The molecule has 6 heteroatoms. The first-order chi connectivity index (χ1) is 9.76. The number of guanidine groups is 1. The highest BCUT2D eigenvalue weighted by Crippen LogP contribution is 2.30. The minimum atomic E-state index is 0. The van der Waals surface area contributed by atoms with Gasteiger partial charge in [0, 0.05) is 18.7 Å². The predicted molar refractivity (Wildman–Crippen MR) is 98.1 cm³/mol. The van der Waals surface area contributed by atoms with Gasteiger partial charge in [0.1, 0.15) is 0 Å². The minimum absolute atomic E-state index is 0. The first kappa shape index (κ1) is 19.8. The van der Waals surface area contributed by atoms with Gasteiger partial charge in [0.2, 0.25) is 0 Å². The summed E-state index contributed by atoms with van der Waals surface area (Å²) in [5.74, 6) is 2.29. The Morgan fingerprint density at radius 1 is 1.14 bits per heavy atom. The second-order valence-corrected chi connectivity index (χ2v) is 4.27. The van der Waals surface area contributed by atoms with Crippen LogP contribution in [0.3, 0.4) is 0 Å². The monoisotopic (exact) mass is 407 g/mol. The zero-order valence-electron chi connectivity index (χ0n) is 13.2. The fourth-order valence-electron chi connectivity index (χ4n) is 1.83. The molecule has 1 aromatic carbocycles. The lowest BCUT2D eigenvalue weighted by molar-refractivity contribution is 0.352. The maximum atomic E-state index is 5.41. The average Bonchev–Trinajstić information content (AvgIpc) is 2.49. The summed E-state index contributed by atoms with van der Waals surface area (Å²) in [6.07, 6.45) is 1.06. The molecule has 0 saturated heterocycles. The lowest BCUT2D eigenvalue weighted by Crippen LogP contribution is -2.37. The summed E-state index contributed by atoms with van der Waals surface area (Å²) in [6.45, 7) is 6.46. The first-order valence-electron chi connectivity index (χ1n) is 6.98. The lowest BCUT2D eigenvalue weighted by atomic mass is 10.2. The summed E-state index contributed by atoms with van der Waals surface area (Å²) in [5, 5.41) is 6.49. The molecule has 0 aliphatic carbocycles. The highest BCUT2D eigenvalue weighted by Gasteiger charge is 2.08. The Labute approximate surface area is 144 Å².